The molecule has 1 fully saturated rings. The molecule has 0 atom stereocenters. The van der Waals surface area contributed by atoms with Crippen LogP contribution < -0.4 is 14.8 Å². The van der Waals surface area contributed by atoms with Crippen LogP contribution in [0.4, 0.5) is 0 Å². The molecule has 174 valence electrons. The molecule has 0 aliphatic carbocycles. The molecule has 32 heavy (non-hydrogen) atoms. The van der Waals surface area contributed by atoms with E-state index in [-0.39, 0.29) is 16.6 Å². The number of sulfonamides is 1. The van der Waals surface area contributed by atoms with Gasteiger partial charge in [-0.3, -0.25) is 4.79 Å². The highest BCUT2D eigenvalue weighted by Gasteiger charge is 2.27. The van der Waals surface area contributed by atoms with Gasteiger partial charge in [-0.05, 0) is 62.6 Å². The van der Waals surface area contributed by atoms with E-state index < -0.39 is 15.9 Å². The number of hydrogen-bond donors (Lipinski definition) is 1. The minimum absolute atomic E-state index is 0.0888. The average molecular weight is 461 g/mol. The maximum Gasteiger partial charge on any atom is 0.255 e. The van der Waals surface area contributed by atoms with Gasteiger partial charge in [0.1, 0.15) is 11.5 Å². The molecule has 0 unspecified atom stereocenters. The maximum atomic E-state index is 13.1. The highest BCUT2D eigenvalue weighted by molar-refractivity contribution is 7.89. The lowest BCUT2D eigenvalue weighted by Crippen LogP contribution is -2.32. The molecule has 7 nitrogen and oxygen atoms in total. The Hall–Kier alpha value is -2.58. The van der Waals surface area contributed by atoms with Crippen LogP contribution >= 0.6 is 0 Å². The Morgan fingerprint density at radius 3 is 2.28 bits per heavy atom. The number of carbonyl (C=O) groups is 1. The largest absolute Gasteiger partial charge is 0.496 e. The van der Waals surface area contributed by atoms with Crippen molar-refractivity contribution in [1.29, 1.82) is 0 Å². The number of ether oxygens (including phenoxy) is 2. The lowest BCUT2D eigenvalue weighted by Gasteiger charge is -2.20. The standard InChI is InChI=1S/C24H32N2O5S/c1-18(2)31-20-10-8-19(9-11-20)17-25-24(27)22-16-21(12-13-23(22)30-3)32(28,29)26-14-6-4-5-7-15-26/h8-13,16,18H,4-7,14-15,17H2,1-3H3,(H,25,27). The summed E-state index contributed by atoms with van der Waals surface area (Å²) in [5, 5.41) is 2.85. The van der Waals surface area contributed by atoms with E-state index >= 15 is 0 Å². The van der Waals surface area contributed by atoms with Crippen LogP contribution in [0.5, 0.6) is 11.5 Å². The first-order valence-corrected chi connectivity index (χ1v) is 12.5. The van der Waals surface area contributed by atoms with E-state index in [1.807, 2.05) is 38.1 Å². The van der Waals surface area contributed by atoms with Crippen molar-refractivity contribution in [3.63, 3.8) is 0 Å². The van der Waals surface area contributed by atoms with Crippen LogP contribution in [-0.2, 0) is 16.6 Å². The minimum atomic E-state index is -3.66. The molecule has 0 aromatic heterocycles. The topological polar surface area (TPSA) is 84.9 Å². The van der Waals surface area contributed by atoms with Gasteiger partial charge >= 0.3 is 0 Å². The summed E-state index contributed by atoms with van der Waals surface area (Å²) in [4.78, 5) is 13.0. The number of nitrogens with one attached hydrogen (secondary N) is 1. The number of nitrogens with zero attached hydrogens (tertiary/aromatic N) is 1. The number of rotatable bonds is 8. The van der Waals surface area contributed by atoms with Crippen molar-refractivity contribution in [3.05, 3.63) is 53.6 Å². The quantitative estimate of drug-likeness (QED) is 0.644. The van der Waals surface area contributed by atoms with Crippen molar-refractivity contribution in [3.8, 4) is 11.5 Å². The molecule has 8 heteroatoms. The van der Waals surface area contributed by atoms with Gasteiger partial charge in [-0.2, -0.15) is 4.31 Å². The van der Waals surface area contributed by atoms with Gasteiger partial charge in [0.15, 0.2) is 0 Å². The first-order chi connectivity index (χ1) is 15.3. The van der Waals surface area contributed by atoms with Gasteiger partial charge in [-0.1, -0.05) is 25.0 Å². The highest BCUT2D eigenvalue weighted by atomic mass is 32.2. The van der Waals surface area contributed by atoms with E-state index in [9.17, 15) is 13.2 Å². The van der Waals surface area contributed by atoms with E-state index in [2.05, 4.69) is 5.32 Å². The van der Waals surface area contributed by atoms with Gasteiger partial charge in [0, 0.05) is 19.6 Å². The molecule has 1 heterocycles. The fourth-order valence-electron chi connectivity index (χ4n) is 3.69. The van der Waals surface area contributed by atoms with Crippen LogP contribution in [0, 0.1) is 0 Å². The number of carbonyl (C=O) groups excluding carboxylic acids is 1. The molecule has 1 saturated heterocycles. The molecular weight excluding hydrogens is 428 g/mol. The molecule has 2 aromatic rings. The summed E-state index contributed by atoms with van der Waals surface area (Å²) < 4.78 is 38.8. The van der Waals surface area contributed by atoms with Gasteiger partial charge in [-0.25, -0.2) is 8.42 Å². The number of amides is 1. The van der Waals surface area contributed by atoms with Gasteiger partial charge in [0.2, 0.25) is 10.0 Å². The van der Waals surface area contributed by atoms with Crippen molar-refractivity contribution in [2.24, 2.45) is 0 Å². The zero-order valence-electron chi connectivity index (χ0n) is 19.0. The van der Waals surface area contributed by atoms with E-state index in [4.69, 9.17) is 9.47 Å². The van der Waals surface area contributed by atoms with E-state index in [0.717, 1.165) is 37.0 Å². The predicted octanol–water partition coefficient (Wildman–Crippen LogP) is 3.98. The van der Waals surface area contributed by atoms with Crippen molar-refractivity contribution >= 4 is 15.9 Å². The van der Waals surface area contributed by atoms with E-state index in [1.165, 1.54) is 29.6 Å². The zero-order chi connectivity index (χ0) is 23.1. The molecule has 2 aromatic carbocycles. The third-order valence-corrected chi connectivity index (χ3v) is 7.26. The first-order valence-electron chi connectivity index (χ1n) is 11.0. The summed E-state index contributed by atoms with van der Waals surface area (Å²) in [7, 11) is -2.20. The molecule has 1 amide bonds. The van der Waals surface area contributed by atoms with Gasteiger partial charge < -0.3 is 14.8 Å². The third-order valence-electron chi connectivity index (χ3n) is 5.37. The molecule has 0 radical (unpaired) electrons. The predicted molar refractivity (Wildman–Crippen MR) is 124 cm³/mol. The van der Waals surface area contributed by atoms with Gasteiger partial charge in [0.05, 0.1) is 23.7 Å². The number of benzene rings is 2. The summed E-state index contributed by atoms with van der Waals surface area (Å²) in [6.07, 6.45) is 3.86. The third kappa shape index (κ3) is 6.01. The summed E-state index contributed by atoms with van der Waals surface area (Å²) in [5.74, 6) is 0.707. The monoisotopic (exact) mass is 460 g/mol. The Kier molecular flexibility index (Phi) is 8.15. The molecule has 3 rings (SSSR count). The van der Waals surface area contributed by atoms with E-state index in [1.54, 1.807) is 0 Å². The minimum Gasteiger partial charge on any atom is -0.496 e. The van der Waals surface area contributed by atoms with Crippen LogP contribution in [0.25, 0.3) is 0 Å². The second kappa shape index (κ2) is 10.8. The second-order valence-corrected chi connectivity index (χ2v) is 10.1. The maximum absolute atomic E-state index is 13.1. The average Bonchev–Trinajstić information content (AvgIpc) is 3.08. The normalized spacial score (nSPS) is 15.2. The molecule has 0 bridgehead atoms. The summed E-state index contributed by atoms with van der Waals surface area (Å²) >= 11 is 0. The Morgan fingerprint density at radius 2 is 1.69 bits per heavy atom. The first kappa shape index (κ1) is 24.1. The van der Waals surface area contributed by atoms with Crippen LogP contribution in [0.2, 0.25) is 0 Å². The lowest BCUT2D eigenvalue weighted by atomic mass is 10.1. The van der Waals surface area contributed by atoms with Crippen LogP contribution in [-0.4, -0.2) is 44.9 Å². The van der Waals surface area contributed by atoms with Gasteiger partial charge in [0.25, 0.3) is 5.91 Å². The zero-order valence-corrected chi connectivity index (χ0v) is 19.8. The molecule has 0 spiro atoms. The van der Waals surface area contributed by atoms with Crippen molar-refractivity contribution in [2.45, 2.75) is 57.1 Å². The highest BCUT2D eigenvalue weighted by Crippen LogP contribution is 2.26. The Balaban J connectivity index is 1.75. The number of hydrogen-bond acceptors (Lipinski definition) is 5. The SMILES string of the molecule is COc1ccc(S(=O)(=O)N2CCCCCC2)cc1C(=O)NCc1ccc(OC(C)C)cc1. The van der Waals surface area contributed by atoms with Crippen LogP contribution in [0.15, 0.2) is 47.4 Å². The van der Waals surface area contributed by atoms with Crippen molar-refractivity contribution in [2.75, 3.05) is 20.2 Å². The molecular formula is C24H32N2O5S. The van der Waals surface area contributed by atoms with Crippen molar-refractivity contribution < 1.29 is 22.7 Å². The Morgan fingerprint density at radius 1 is 1.03 bits per heavy atom. The summed E-state index contributed by atoms with van der Waals surface area (Å²) in [6, 6.07) is 11.9. The van der Waals surface area contributed by atoms with Crippen LogP contribution in [0.3, 0.4) is 0 Å². The summed E-state index contributed by atoms with van der Waals surface area (Å²) in [6.45, 7) is 5.23. The fraction of sp³-hybridized carbons (Fsp3) is 0.458. The van der Waals surface area contributed by atoms with E-state index in [0.29, 0.717) is 25.4 Å². The molecule has 1 N–H and O–H groups in total. The Bertz CT molecular complexity index is 1010. The van der Waals surface area contributed by atoms with Crippen molar-refractivity contribution in [1.82, 2.24) is 9.62 Å². The summed E-state index contributed by atoms with van der Waals surface area (Å²) in [5.41, 5.74) is 1.10. The van der Waals surface area contributed by atoms with Gasteiger partial charge in [-0.15, -0.1) is 0 Å². The second-order valence-electron chi connectivity index (χ2n) is 8.17. The smallest absolute Gasteiger partial charge is 0.255 e. The fourth-order valence-corrected chi connectivity index (χ4v) is 5.24. The number of methoxy groups -OCH3 is 1. The molecule has 0 saturated carbocycles. The molecule has 1 aliphatic rings. The van der Waals surface area contributed by atoms with Crippen LogP contribution in [0.1, 0.15) is 55.5 Å². The lowest BCUT2D eigenvalue weighted by molar-refractivity contribution is 0.0947. The molecule has 1 aliphatic heterocycles. The Labute approximate surface area is 190 Å².